The van der Waals surface area contributed by atoms with Gasteiger partial charge in [-0.25, -0.2) is 44.7 Å². The Morgan fingerprint density at radius 2 is 1.65 bits per heavy atom. The fourth-order valence-corrected chi connectivity index (χ4v) is 6.02. The van der Waals surface area contributed by atoms with Gasteiger partial charge in [0.25, 0.3) is 0 Å². The zero-order chi connectivity index (χ0) is 27.3. The molecule has 0 bridgehead atoms. The van der Waals surface area contributed by atoms with E-state index in [-0.39, 0.29) is 18.8 Å². The molecule has 2 heterocycles. The molecule has 1 aliphatic rings. The Morgan fingerprint density at radius 3 is 2.30 bits per heavy atom. The van der Waals surface area contributed by atoms with E-state index in [0.717, 1.165) is 18.7 Å². The Balaban J connectivity index is 1.77. The number of rotatable bonds is 6. The summed E-state index contributed by atoms with van der Waals surface area (Å²) in [6.07, 6.45) is 1.45. The Kier molecular flexibility index (Phi) is 6.86. The van der Waals surface area contributed by atoms with E-state index in [2.05, 4.69) is 9.97 Å². The highest BCUT2D eigenvalue weighted by molar-refractivity contribution is 7.93. The van der Waals surface area contributed by atoms with Crippen LogP contribution in [0.15, 0.2) is 35.5 Å². The van der Waals surface area contributed by atoms with Crippen molar-refractivity contribution in [3.63, 3.8) is 0 Å². The molecule has 1 aromatic heterocycles. The molecule has 1 aliphatic heterocycles. The lowest BCUT2D eigenvalue weighted by Gasteiger charge is -2.39. The van der Waals surface area contributed by atoms with E-state index in [4.69, 9.17) is 0 Å². The van der Waals surface area contributed by atoms with Crippen LogP contribution in [0.5, 0.6) is 0 Å². The largest absolute Gasteiger partial charge is 0.363 e. The van der Waals surface area contributed by atoms with Crippen molar-refractivity contribution in [1.82, 2.24) is 9.97 Å². The van der Waals surface area contributed by atoms with Crippen molar-refractivity contribution in [3.05, 3.63) is 76.5 Å². The van der Waals surface area contributed by atoms with Crippen LogP contribution < -0.4 is 9.80 Å². The van der Waals surface area contributed by atoms with Crippen LogP contribution in [-0.2, 0) is 29.5 Å². The van der Waals surface area contributed by atoms with Crippen molar-refractivity contribution in [1.29, 1.82) is 0 Å². The number of anilines is 2. The molecule has 6 nitrogen and oxygen atoms in total. The van der Waals surface area contributed by atoms with E-state index in [1.807, 2.05) is 0 Å². The highest BCUT2D eigenvalue weighted by Crippen LogP contribution is 2.39. The van der Waals surface area contributed by atoms with Gasteiger partial charge in [-0.15, -0.1) is 0 Å². The van der Waals surface area contributed by atoms with Crippen molar-refractivity contribution in [2.24, 2.45) is 0 Å². The predicted molar refractivity (Wildman–Crippen MR) is 124 cm³/mol. The molecule has 198 valence electrons. The molecule has 0 saturated heterocycles. The predicted octanol–water partition coefficient (Wildman–Crippen LogP) is 4.85. The van der Waals surface area contributed by atoms with Crippen LogP contribution in [0.4, 0.5) is 37.8 Å². The Morgan fingerprint density at radius 1 is 1.00 bits per heavy atom. The summed E-state index contributed by atoms with van der Waals surface area (Å²) in [6, 6.07) is 6.18. The number of nitrogens with zero attached hydrogens (tertiary/aromatic N) is 4. The number of hydrogen-bond donors (Lipinski definition) is 0. The fraction of sp³-hybridized carbons (Fsp3) is 0.333. The highest BCUT2D eigenvalue weighted by Gasteiger charge is 2.46. The molecule has 37 heavy (non-hydrogen) atoms. The van der Waals surface area contributed by atoms with Crippen molar-refractivity contribution in [2.75, 3.05) is 23.4 Å². The summed E-state index contributed by atoms with van der Waals surface area (Å²) in [5.41, 5.74) is -0.0696. The first kappa shape index (κ1) is 26.7. The molecule has 13 heteroatoms. The van der Waals surface area contributed by atoms with Crippen molar-refractivity contribution in [3.8, 4) is 0 Å². The van der Waals surface area contributed by atoms with E-state index in [0.29, 0.717) is 23.5 Å². The maximum Gasteiger partial charge on any atom is 0.205 e. The quantitative estimate of drug-likeness (QED) is 0.191. The summed E-state index contributed by atoms with van der Waals surface area (Å²) in [5, 5.41) is 0. The summed E-state index contributed by atoms with van der Waals surface area (Å²) in [5.74, 6) is -9.30. The average molecular weight is 545 g/mol. The standard InChI is InChI=1S/C24H22F6N4O2S/c1-24(2,37(35,36)22-14(10-25)18(27)19(28)20(29)21(22)30)33(3)23-13-8-9-34(11-16(13)31-12-32-23)17-7-5-4-6-15(17)26/h4-7,12H,8-11H2,1-3H3. The zero-order valence-corrected chi connectivity index (χ0v) is 20.8. The van der Waals surface area contributed by atoms with Crippen LogP contribution in [0.25, 0.3) is 0 Å². The van der Waals surface area contributed by atoms with Gasteiger partial charge in [-0.2, -0.15) is 0 Å². The van der Waals surface area contributed by atoms with Gasteiger partial charge in [0.15, 0.2) is 23.3 Å². The number of aromatic nitrogens is 2. The molecule has 0 unspecified atom stereocenters. The fourth-order valence-electron chi connectivity index (χ4n) is 4.28. The second-order valence-corrected chi connectivity index (χ2v) is 11.4. The first-order valence-corrected chi connectivity index (χ1v) is 12.5. The molecule has 0 aliphatic carbocycles. The molecular formula is C24H22F6N4O2S. The first-order chi connectivity index (χ1) is 17.3. The summed E-state index contributed by atoms with van der Waals surface area (Å²) < 4.78 is 112. The van der Waals surface area contributed by atoms with E-state index in [1.54, 1.807) is 23.1 Å². The second-order valence-electron chi connectivity index (χ2n) is 8.95. The van der Waals surface area contributed by atoms with Gasteiger partial charge in [0.05, 0.1) is 17.9 Å². The number of fused-ring (bicyclic) bond motifs is 1. The smallest absolute Gasteiger partial charge is 0.205 e. The summed E-state index contributed by atoms with van der Waals surface area (Å²) in [4.78, 5) is 7.57. The molecular weight excluding hydrogens is 522 g/mol. The van der Waals surface area contributed by atoms with E-state index in [9.17, 15) is 34.8 Å². The third-order valence-electron chi connectivity index (χ3n) is 6.68. The number of alkyl halides is 1. The van der Waals surface area contributed by atoms with Crippen molar-refractivity contribution >= 4 is 21.3 Å². The third-order valence-corrected chi connectivity index (χ3v) is 9.23. The van der Waals surface area contributed by atoms with E-state index >= 15 is 0 Å². The molecule has 0 radical (unpaired) electrons. The number of sulfone groups is 1. The average Bonchev–Trinajstić information content (AvgIpc) is 2.88. The molecule has 4 rings (SSSR count). The van der Waals surface area contributed by atoms with Gasteiger partial charge < -0.3 is 9.80 Å². The third kappa shape index (κ3) is 4.18. The van der Waals surface area contributed by atoms with Gasteiger partial charge in [0, 0.05) is 24.7 Å². The molecule has 0 atom stereocenters. The normalized spacial score (nSPS) is 14.0. The number of hydrogen-bond acceptors (Lipinski definition) is 6. The SMILES string of the molecule is CN(c1ncnc2c1CCN(c1ccccc1F)C2)C(C)(C)S(=O)(=O)c1c(F)c(F)c(F)c(F)c1CF. The van der Waals surface area contributed by atoms with Crippen LogP contribution in [-0.4, -0.2) is 36.8 Å². The highest BCUT2D eigenvalue weighted by atomic mass is 32.2. The maximum absolute atomic E-state index is 14.7. The van der Waals surface area contributed by atoms with E-state index < -0.39 is 60.9 Å². The minimum Gasteiger partial charge on any atom is -0.363 e. The van der Waals surface area contributed by atoms with Gasteiger partial charge >= 0.3 is 0 Å². The molecule has 0 amide bonds. The van der Waals surface area contributed by atoms with Crippen LogP contribution >= 0.6 is 0 Å². The van der Waals surface area contributed by atoms with Crippen molar-refractivity contribution < 1.29 is 34.8 Å². The van der Waals surface area contributed by atoms with Gasteiger partial charge in [0.1, 0.15) is 34.4 Å². The molecule has 2 aromatic carbocycles. The molecule has 0 N–H and O–H groups in total. The van der Waals surface area contributed by atoms with E-state index in [1.165, 1.54) is 19.4 Å². The van der Waals surface area contributed by atoms with Crippen LogP contribution in [0.2, 0.25) is 0 Å². The van der Waals surface area contributed by atoms with Crippen molar-refractivity contribution in [2.45, 2.75) is 43.3 Å². The number of halogens is 6. The Hall–Kier alpha value is -3.35. The van der Waals surface area contributed by atoms with Gasteiger partial charge in [-0.3, -0.25) is 0 Å². The lowest BCUT2D eigenvalue weighted by Crippen LogP contribution is -2.50. The summed E-state index contributed by atoms with van der Waals surface area (Å²) in [6.45, 7) is 0.868. The van der Waals surface area contributed by atoms with Gasteiger partial charge in [-0.1, -0.05) is 12.1 Å². The Labute approximate surface area is 209 Å². The molecule has 0 spiro atoms. The molecule has 3 aromatic rings. The first-order valence-electron chi connectivity index (χ1n) is 11.1. The van der Waals surface area contributed by atoms with Gasteiger partial charge in [0.2, 0.25) is 9.84 Å². The maximum atomic E-state index is 14.7. The van der Waals surface area contributed by atoms with Crippen LogP contribution in [0, 0.1) is 29.1 Å². The molecule has 0 fully saturated rings. The minimum absolute atomic E-state index is 0.122. The zero-order valence-electron chi connectivity index (χ0n) is 20.0. The monoisotopic (exact) mass is 544 g/mol. The lowest BCUT2D eigenvalue weighted by molar-refractivity contribution is 0.370. The number of benzene rings is 2. The van der Waals surface area contributed by atoms with Crippen LogP contribution in [0.3, 0.4) is 0 Å². The molecule has 0 saturated carbocycles. The summed E-state index contributed by atoms with van der Waals surface area (Å²) in [7, 11) is -3.75. The summed E-state index contributed by atoms with van der Waals surface area (Å²) >= 11 is 0. The lowest BCUT2D eigenvalue weighted by atomic mass is 10.0. The second kappa shape index (κ2) is 9.51. The minimum atomic E-state index is -5.06. The number of para-hydroxylation sites is 1. The van der Waals surface area contributed by atoms with Gasteiger partial charge in [-0.05, 0) is 32.4 Å². The van der Waals surface area contributed by atoms with Crippen LogP contribution in [0.1, 0.15) is 30.7 Å². The Bertz CT molecular complexity index is 1480. The topological polar surface area (TPSA) is 66.4 Å².